The Bertz CT molecular complexity index is 1340. The molecule has 0 aliphatic carbocycles. The van der Waals surface area contributed by atoms with Crippen molar-refractivity contribution in [2.45, 2.75) is 116 Å². The molecule has 2 rings (SSSR count). The average Bonchev–Trinajstić information content (AvgIpc) is 2.96. The highest BCUT2D eigenvalue weighted by Crippen LogP contribution is 2.39. The number of unbranched alkanes of at least 4 members (excludes halogenated alkanes) is 2. The molecular weight excluding hydrogens is 611 g/mol. The number of carbonyl (C=O) groups excluding carboxylic acids is 3. The molecule has 2 aromatic carbocycles. The summed E-state index contributed by atoms with van der Waals surface area (Å²) in [5.74, 6) is 3.51. The molecule has 1 unspecified atom stereocenters. The largest absolute Gasteiger partial charge is 0.460 e. The van der Waals surface area contributed by atoms with Crippen molar-refractivity contribution in [2.24, 2.45) is 28.2 Å². The zero-order valence-corrected chi connectivity index (χ0v) is 30.7. The van der Waals surface area contributed by atoms with Crippen LogP contribution in [0.4, 0.5) is 0 Å². The van der Waals surface area contributed by atoms with Gasteiger partial charge in [-0.2, -0.15) is 4.99 Å². The minimum Gasteiger partial charge on any atom is -0.460 e. The van der Waals surface area contributed by atoms with Gasteiger partial charge < -0.3 is 20.6 Å². The highest BCUT2D eigenvalue weighted by molar-refractivity contribution is 6.74. The summed E-state index contributed by atoms with van der Waals surface area (Å²) in [4.78, 5) is 45.8. The van der Waals surface area contributed by atoms with Gasteiger partial charge in [0, 0.05) is 25.4 Å². The van der Waals surface area contributed by atoms with E-state index in [1.807, 2.05) is 48.5 Å². The Balaban J connectivity index is 2.59. The quantitative estimate of drug-likeness (QED) is 0.0303. The summed E-state index contributed by atoms with van der Waals surface area (Å²) in [5, 5.41) is 0.795. The van der Waals surface area contributed by atoms with Gasteiger partial charge in [-0.05, 0) is 69.3 Å². The molecule has 0 heterocycles. The zero-order valence-electron chi connectivity index (χ0n) is 29.7. The number of aliphatic imine (C=N–C) groups is 1. The molecule has 0 saturated heterocycles. The Labute approximate surface area is 282 Å². The van der Waals surface area contributed by atoms with Gasteiger partial charge in [0.2, 0.25) is 5.91 Å². The molecule has 0 spiro atoms. The van der Waals surface area contributed by atoms with Gasteiger partial charge in [0.25, 0.3) is 5.91 Å². The Morgan fingerprint density at radius 2 is 1.40 bits per heavy atom. The van der Waals surface area contributed by atoms with E-state index in [1.54, 1.807) is 20.8 Å². The van der Waals surface area contributed by atoms with Gasteiger partial charge >= 0.3 is 5.97 Å². The number of hydrogen-bond acceptors (Lipinski definition) is 6. The number of guanidine groups is 1. The van der Waals surface area contributed by atoms with Crippen molar-refractivity contribution in [2.75, 3.05) is 6.61 Å². The molecule has 2 amide bonds. The van der Waals surface area contributed by atoms with E-state index in [2.05, 4.69) is 51.0 Å². The van der Waals surface area contributed by atoms with Crippen LogP contribution in [0.3, 0.4) is 0 Å². The van der Waals surface area contributed by atoms with Crippen LogP contribution >= 0.6 is 0 Å². The van der Waals surface area contributed by atoms with E-state index >= 15 is 0 Å². The molecule has 260 valence electrons. The lowest BCUT2D eigenvalue weighted by Crippen LogP contribution is -2.67. The van der Waals surface area contributed by atoms with Crippen molar-refractivity contribution in [1.29, 1.82) is 0 Å². The smallest absolute Gasteiger partial charge is 0.306 e. The molecule has 0 bridgehead atoms. The molecule has 2 atom stereocenters. The van der Waals surface area contributed by atoms with Crippen LogP contribution in [0.5, 0.6) is 0 Å². The minimum atomic E-state index is -2.42. The van der Waals surface area contributed by atoms with E-state index in [9.17, 15) is 14.4 Å². The Hall–Kier alpha value is -3.54. The molecule has 6 N–H and O–H groups in total. The molecule has 0 aliphatic heterocycles. The predicted molar refractivity (Wildman–Crippen MR) is 190 cm³/mol. The second kappa shape index (κ2) is 17.0. The molecule has 0 aromatic heterocycles. The minimum absolute atomic E-state index is 0.0476. The van der Waals surface area contributed by atoms with E-state index in [4.69, 9.17) is 26.5 Å². The lowest BCUT2D eigenvalue weighted by Gasteiger charge is -2.46. The number of nitrogens with two attached hydrogens (primary N) is 3. The number of esters is 1. The number of carbonyl (C=O) groups is 3. The molecule has 10 nitrogen and oxygen atoms in total. The molecule has 0 fully saturated rings. The van der Waals surface area contributed by atoms with Gasteiger partial charge in [0.15, 0.2) is 14.3 Å². The number of hydrazine groups is 1. The van der Waals surface area contributed by atoms with Crippen LogP contribution in [0, 0.1) is 5.92 Å². The average molecular weight is 668 g/mol. The molecular formula is C36H57N5O5Si. The Morgan fingerprint density at radius 3 is 1.91 bits per heavy atom. The first-order chi connectivity index (χ1) is 21.8. The van der Waals surface area contributed by atoms with E-state index in [0.29, 0.717) is 12.0 Å². The monoisotopic (exact) mass is 667 g/mol. The number of rotatable bonds is 16. The van der Waals surface area contributed by atoms with Crippen molar-refractivity contribution >= 4 is 32.1 Å². The van der Waals surface area contributed by atoms with E-state index < -0.39 is 49.1 Å². The maximum Gasteiger partial charge on any atom is 0.306 e. The third kappa shape index (κ3) is 12.2. The SMILES string of the molecule is CC(C)(C)OC(=O)CC(CO[Si](C)(C)C(C)(C)C)[C@](Cc1ccccc1)(C(=O)N=C(N)N)N(N)C(=O)CCCCCc1ccccc1. The topological polar surface area (TPSA) is 163 Å². The first kappa shape index (κ1) is 39.6. The fourth-order valence-electron chi connectivity index (χ4n) is 5.15. The van der Waals surface area contributed by atoms with Crippen LogP contribution in [-0.4, -0.2) is 54.8 Å². The zero-order chi connectivity index (χ0) is 35.5. The van der Waals surface area contributed by atoms with E-state index in [-0.39, 0.29) is 30.9 Å². The number of hydrogen-bond donors (Lipinski definition) is 3. The van der Waals surface area contributed by atoms with Crippen molar-refractivity contribution < 1.29 is 23.5 Å². The molecule has 0 saturated carbocycles. The summed E-state index contributed by atoms with van der Waals surface area (Å²) in [6.45, 7) is 15.7. The van der Waals surface area contributed by atoms with Crippen LogP contribution in [0.1, 0.15) is 84.8 Å². The Morgan fingerprint density at radius 1 is 0.851 bits per heavy atom. The summed E-state index contributed by atoms with van der Waals surface area (Å²) in [6, 6.07) is 19.3. The molecule has 47 heavy (non-hydrogen) atoms. The van der Waals surface area contributed by atoms with Gasteiger partial charge in [0.1, 0.15) is 11.1 Å². The normalized spacial score (nSPS) is 14.1. The molecule has 2 aromatic rings. The first-order valence-corrected chi connectivity index (χ1v) is 19.3. The highest BCUT2D eigenvalue weighted by Gasteiger charge is 2.53. The lowest BCUT2D eigenvalue weighted by atomic mass is 9.75. The molecule has 0 aliphatic rings. The summed E-state index contributed by atoms with van der Waals surface area (Å²) in [5.41, 5.74) is 10.8. The number of benzene rings is 2. The maximum absolute atomic E-state index is 14.4. The van der Waals surface area contributed by atoms with Crippen LogP contribution < -0.4 is 17.3 Å². The number of aryl methyl sites for hydroxylation is 1. The summed E-state index contributed by atoms with van der Waals surface area (Å²) < 4.78 is 12.4. The fourth-order valence-corrected chi connectivity index (χ4v) is 6.20. The summed E-state index contributed by atoms with van der Waals surface area (Å²) >= 11 is 0. The van der Waals surface area contributed by atoms with Crippen LogP contribution in [0.15, 0.2) is 65.7 Å². The Kier molecular flexibility index (Phi) is 14.4. The second-order valence-corrected chi connectivity index (χ2v) is 19.6. The number of nitrogens with zero attached hydrogens (tertiary/aromatic N) is 2. The number of amides is 2. The third-order valence-corrected chi connectivity index (χ3v) is 13.3. The van der Waals surface area contributed by atoms with Gasteiger partial charge in [-0.3, -0.25) is 19.4 Å². The second-order valence-electron chi connectivity index (χ2n) is 14.8. The first-order valence-electron chi connectivity index (χ1n) is 16.4. The van der Waals surface area contributed by atoms with Crippen molar-refractivity contribution in [3.8, 4) is 0 Å². The van der Waals surface area contributed by atoms with E-state index in [1.165, 1.54) is 5.56 Å². The van der Waals surface area contributed by atoms with Gasteiger partial charge in [-0.25, -0.2) is 5.84 Å². The standard InChI is InChI=1S/C36H57N5O5Si/c1-34(2,3)46-31(43)24-29(26-45-47(7,8)35(4,5)6)36(32(44)40-33(37)38,25-28-21-15-10-16-22-28)41(39)30(42)23-17-11-14-20-27-18-12-9-13-19-27/h9-10,12-13,15-16,18-19,21-22,29H,11,14,17,20,23-26,39H2,1-8H3,(H4,37,38,40,44)/t29?,36-/m1/s1. The third-order valence-electron chi connectivity index (χ3n) is 8.77. The maximum atomic E-state index is 14.4. The van der Waals surface area contributed by atoms with Crippen LogP contribution in [0.25, 0.3) is 0 Å². The fraction of sp³-hybridized carbons (Fsp3) is 0.556. The summed E-state index contributed by atoms with van der Waals surface area (Å²) in [6.07, 6.45) is 2.93. The number of ether oxygens (including phenoxy) is 1. The van der Waals surface area contributed by atoms with E-state index in [0.717, 1.165) is 24.3 Å². The van der Waals surface area contributed by atoms with Crippen molar-refractivity contribution in [3.63, 3.8) is 0 Å². The van der Waals surface area contributed by atoms with Gasteiger partial charge in [-0.1, -0.05) is 87.9 Å². The van der Waals surface area contributed by atoms with Crippen molar-refractivity contribution in [3.05, 3.63) is 71.8 Å². The molecule has 11 heteroatoms. The van der Waals surface area contributed by atoms with Crippen molar-refractivity contribution in [1.82, 2.24) is 5.01 Å². The van der Waals surface area contributed by atoms with Crippen LogP contribution in [0.2, 0.25) is 18.1 Å². The van der Waals surface area contributed by atoms with Gasteiger partial charge in [-0.15, -0.1) is 0 Å². The predicted octanol–water partition coefficient (Wildman–Crippen LogP) is 5.64. The van der Waals surface area contributed by atoms with Gasteiger partial charge in [0.05, 0.1) is 6.42 Å². The summed E-state index contributed by atoms with van der Waals surface area (Å²) in [7, 11) is -2.42. The lowest BCUT2D eigenvalue weighted by molar-refractivity contribution is -0.162. The molecule has 0 radical (unpaired) electrons. The highest BCUT2D eigenvalue weighted by atomic mass is 28.4. The van der Waals surface area contributed by atoms with Crippen LogP contribution in [-0.2, 0) is 36.4 Å².